The van der Waals surface area contributed by atoms with Crippen molar-refractivity contribution in [1.29, 1.82) is 0 Å². The van der Waals surface area contributed by atoms with Gasteiger partial charge >= 0.3 is 0 Å². The second-order valence-corrected chi connectivity index (χ2v) is 12.8. The van der Waals surface area contributed by atoms with Crippen molar-refractivity contribution in [2.24, 2.45) is 5.92 Å². The van der Waals surface area contributed by atoms with Crippen LogP contribution in [-0.4, -0.2) is 99.7 Å². The summed E-state index contributed by atoms with van der Waals surface area (Å²) in [6, 6.07) is 7.24. The highest BCUT2D eigenvalue weighted by molar-refractivity contribution is 6.00. The molecule has 0 aliphatic carbocycles. The summed E-state index contributed by atoms with van der Waals surface area (Å²) in [6.07, 6.45) is 3.82. The second-order valence-electron chi connectivity index (χ2n) is 12.8. The van der Waals surface area contributed by atoms with Gasteiger partial charge in [-0.25, -0.2) is 4.68 Å². The van der Waals surface area contributed by atoms with Crippen molar-refractivity contribution in [1.82, 2.24) is 29.8 Å². The maximum atomic E-state index is 13.6. The van der Waals surface area contributed by atoms with Crippen molar-refractivity contribution >= 4 is 17.7 Å². The summed E-state index contributed by atoms with van der Waals surface area (Å²) in [5.41, 5.74) is 4.04. The molecule has 1 aromatic heterocycles. The Hall–Kier alpha value is -3.24. The van der Waals surface area contributed by atoms with E-state index in [0.717, 1.165) is 49.6 Å². The first-order chi connectivity index (χ1) is 20.6. The highest BCUT2D eigenvalue weighted by atomic mass is 16.5. The normalized spacial score (nSPS) is 21.1. The minimum absolute atomic E-state index is 0.0178. The van der Waals surface area contributed by atoms with Crippen LogP contribution in [0.2, 0.25) is 0 Å². The van der Waals surface area contributed by atoms with Crippen LogP contribution in [0.4, 0.5) is 0 Å². The van der Waals surface area contributed by atoms with Gasteiger partial charge in [0, 0.05) is 56.1 Å². The van der Waals surface area contributed by atoms with E-state index in [2.05, 4.69) is 37.9 Å². The minimum Gasteiger partial charge on any atom is -0.378 e. The number of nitrogens with zero attached hydrogens (tertiary/aromatic N) is 5. The van der Waals surface area contributed by atoms with Gasteiger partial charge in [0.25, 0.3) is 5.91 Å². The molecule has 3 aliphatic heterocycles. The topological polar surface area (TPSA) is 100 Å². The van der Waals surface area contributed by atoms with Crippen LogP contribution in [-0.2, 0) is 20.9 Å². The van der Waals surface area contributed by atoms with Gasteiger partial charge in [-0.05, 0) is 69.7 Å². The van der Waals surface area contributed by atoms with Gasteiger partial charge in [-0.1, -0.05) is 27.2 Å². The molecule has 1 spiro atoms. The van der Waals surface area contributed by atoms with Crippen LogP contribution in [0.1, 0.15) is 80.2 Å². The number of aryl methyl sites for hydroxylation is 1. The van der Waals surface area contributed by atoms with Gasteiger partial charge < -0.3 is 19.9 Å². The highest BCUT2D eigenvalue weighted by Crippen LogP contribution is 2.35. The molecule has 10 nitrogen and oxygen atoms in total. The summed E-state index contributed by atoms with van der Waals surface area (Å²) in [5, 5.41) is 7.96. The largest absolute Gasteiger partial charge is 0.378 e. The summed E-state index contributed by atoms with van der Waals surface area (Å²) in [6.45, 7) is 15.7. The van der Waals surface area contributed by atoms with E-state index in [0.29, 0.717) is 63.6 Å². The van der Waals surface area contributed by atoms with Crippen molar-refractivity contribution in [3.63, 3.8) is 0 Å². The third-order valence-electron chi connectivity index (χ3n) is 9.41. The van der Waals surface area contributed by atoms with Gasteiger partial charge in [-0.2, -0.15) is 5.10 Å². The van der Waals surface area contributed by atoms with Crippen LogP contribution in [0.3, 0.4) is 0 Å². The van der Waals surface area contributed by atoms with Gasteiger partial charge in [0.2, 0.25) is 11.8 Å². The zero-order valence-corrected chi connectivity index (χ0v) is 26.5. The van der Waals surface area contributed by atoms with Crippen molar-refractivity contribution in [3.8, 4) is 5.69 Å². The number of nitrogens with one attached hydrogen (secondary N) is 1. The number of likely N-dealkylation sites (tertiary alicyclic amines) is 1. The Kier molecular flexibility index (Phi) is 9.56. The van der Waals surface area contributed by atoms with Gasteiger partial charge in [0.05, 0.1) is 24.6 Å². The zero-order valence-electron chi connectivity index (χ0n) is 26.5. The number of hydrogen-bond acceptors (Lipinski definition) is 6. The summed E-state index contributed by atoms with van der Waals surface area (Å²) in [7, 11) is 0. The molecule has 3 fully saturated rings. The second kappa shape index (κ2) is 13.2. The zero-order chi connectivity index (χ0) is 30.7. The van der Waals surface area contributed by atoms with Crippen LogP contribution in [0.25, 0.3) is 5.69 Å². The van der Waals surface area contributed by atoms with Crippen LogP contribution < -0.4 is 5.32 Å². The first kappa shape index (κ1) is 31.2. The number of carbonyl (C=O) groups is 3. The number of piperidine rings is 1. The number of hydrogen-bond donors (Lipinski definition) is 1. The summed E-state index contributed by atoms with van der Waals surface area (Å²) >= 11 is 0. The third-order valence-corrected chi connectivity index (χ3v) is 9.41. The molecule has 3 amide bonds. The average Bonchev–Trinajstić information content (AvgIpc) is 3.29. The molecule has 0 radical (unpaired) electrons. The SMILES string of the molecule is CCCCN1C(=O)C(CC(C)C)NC(=O)C12CCN(Cc1c(C)nn(-c3ccc(C(=O)N4CCOCC4)cc3)c1C)CC2. The lowest BCUT2D eigenvalue weighted by Gasteiger charge is -2.52. The maximum absolute atomic E-state index is 13.6. The number of unbranched alkanes of at least 4 members (excludes halogenated alkanes) is 1. The van der Waals surface area contributed by atoms with Crippen molar-refractivity contribution < 1.29 is 19.1 Å². The quantitative estimate of drug-likeness (QED) is 0.479. The molecule has 0 saturated carbocycles. The van der Waals surface area contributed by atoms with Crippen molar-refractivity contribution in [2.75, 3.05) is 45.9 Å². The van der Waals surface area contributed by atoms with E-state index >= 15 is 0 Å². The lowest BCUT2D eigenvalue weighted by atomic mass is 9.80. The number of aromatic nitrogens is 2. The van der Waals surface area contributed by atoms with Gasteiger partial charge in [0.15, 0.2) is 0 Å². The van der Waals surface area contributed by atoms with Crippen LogP contribution >= 0.6 is 0 Å². The Morgan fingerprint density at radius 3 is 2.37 bits per heavy atom. The standard InChI is InChI=1S/C33H48N6O4/c1-6-7-14-38-31(41)29(21-23(2)3)34-32(42)33(38)12-15-36(16-13-33)22-28-24(4)35-39(25(28)5)27-10-8-26(9-11-27)30(40)37-17-19-43-20-18-37/h8-11,23,29H,6-7,12-22H2,1-5H3,(H,34,42). The summed E-state index contributed by atoms with van der Waals surface area (Å²) in [5.74, 6) is 0.468. The summed E-state index contributed by atoms with van der Waals surface area (Å²) in [4.78, 5) is 46.2. The van der Waals surface area contributed by atoms with E-state index in [9.17, 15) is 14.4 Å². The Labute approximate surface area is 255 Å². The van der Waals surface area contributed by atoms with Crippen LogP contribution in [0, 0.1) is 19.8 Å². The first-order valence-electron chi connectivity index (χ1n) is 16.0. The Morgan fingerprint density at radius 1 is 1.07 bits per heavy atom. The van der Waals surface area contributed by atoms with E-state index in [1.54, 1.807) is 0 Å². The smallest absolute Gasteiger partial charge is 0.254 e. The summed E-state index contributed by atoms with van der Waals surface area (Å²) < 4.78 is 7.33. The average molecular weight is 593 g/mol. The molecule has 3 saturated heterocycles. The molecular weight excluding hydrogens is 544 g/mol. The molecule has 234 valence electrons. The Balaban J connectivity index is 1.26. The van der Waals surface area contributed by atoms with E-state index in [1.165, 1.54) is 5.56 Å². The maximum Gasteiger partial charge on any atom is 0.254 e. The monoisotopic (exact) mass is 592 g/mol. The molecule has 10 heteroatoms. The number of benzene rings is 1. The molecular formula is C33H48N6O4. The number of piperazine rings is 1. The first-order valence-corrected chi connectivity index (χ1v) is 16.0. The predicted octanol–water partition coefficient (Wildman–Crippen LogP) is 3.47. The van der Waals surface area contributed by atoms with E-state index in [4.69, 9.17) is 9.84 Å². The Bertz CT molecular complexity index is 1310. The molecule has 2 aromatic rings. The van der Waals surface area contributed by atoms with Crippen molar-refractivity contribution in [3.05, 3.63) is 46.8 Å². The van der Waals surface area contributed by atoms with Crippen LogP contribution in [0.5, 0.6) is 0 Å². The number of carbonyl (C=O) groups excluding carboxylic acids is 3. The van der Waals surface area contributed by atoms with E-state index in [-0.39, 0.29) is 17.7 Å². The van der Waals surface area contributed by atoms with Crippen molar-refractivity contribution in [2.45, 2.75) is 84.8 Å². The lowest BCUT2D eigenvalue weighted by molar-refractivity contribution is -0.161. The molecule has 3 aliphatic rings. The fourth-order valence-electron chi connectivity index (χ4n) is 6.80. The van der Waals surface area contributed by atoms with Gasteiger partial charge in [0.1, 0.15) is 11.6 Å². The molecule has 0 bridgehead atoms. The number of morpholine rings is 1. The molecule has 1 unspecified atom stereocenters. The van der Waals surface area contributed by atoms with E-state index in [1.807, 2.05) is 45.7 Å². The van der Waals surface area contributed by atoms with Gasteiger partial charge in [-0.3, -0.25) is 19.3 Å². The Morgan fingerprint density at radius 2 is 1.74 bits per heavy atom. The predicted molar refractivity (Wildman–Crippen MR) is 165 cm³/mol. The van der Waals surface area contributed by atoms with Gasteiger partial charge in [-0.15, -0.1) is 0 Å². The molecule has 4 heterocycles. The molecule has 5 rings (SSSR count). The fraction of sp³-hybridized carbons (Fsp3) is 0.636. The molecule has 1 N–H and O–H groups in total. The molecule has 43 heavy (non-hydrogen) atoms. The minimum atomic E-state index is -0.759. The fourth-order valence-corrected chi connectivity index (χ4v) is 6.80. The molecule has 1 atom stereocenters. The lowest BCUT2D eigenvalue weighted by Crippen LogP contribution is -2.73. The van der Waals surface area contributed by atoms with Crippen LogP contribution in [0.15, 0.2) is 24.3 Å². The third kappa shape index (κ3) is 6.36. The number of rotatable bonds is 9. The number of amides is 3. The number of ether oxygens (including phenoxy) is 1. The van der Waals surface area contributed by atoms with E-state index < -0.39 is 11.6 Å². The molecule has 1 aromatic carbocycles. The highest BCUT2D eigenvalue weighted by Gasteiger charge is 2.53.